The Labute approximate surface area is 169 Å². The van der Waals surface area contributed by atoms with Crippen molar-refractivity contribution in [2.45, 2.75) is 76.0 Å². The van der Waals surface area contributed by atoms with Crippen LogP contribution in [0.3, 0.4) is 0 Å². The first kappa shape index (κ1) is 18.8. The number of rotatable bonds is 5. The van der Waals surface area contributed by atoms with Crippen molar-refractivity contribution in [2.75, 3.05) is 18.4 Å². The molecule has 5 aliphatic rings. The van der Waals surface area contributed by atoms with Crippen molar-refractivity contribution in [1.29, 1.82) is 0 Å². The highest BCUT2D eigenvalue weighted by molar-refractivity contribution is 5.91. The van der Waals surface area contributed by atoms with Crippen molar-refractivity contribution in [2.24, 2.45) is 11.3 Å². The zero-order chi connectivity index (χ0) is 20.1. The van der Waals surface area contributed by atoms with Crippen LogP contribution in [0.4, 0.5) is 10.3 Å². The van der Waals surface area contributed by atoms with Crippen LogP contribution in [0.15, 0.2) is 0 Å². The van der Waals surface area contributed by atoms with E-state index in [0.29, 0.717) is 51.0 Å². The van der Waals surface area contributed by atoms with Crippen molar-refractivity contribution in [3.8, 4) is 0 Å². The van der Waals surface area contributed by atoms with Gasteiger partial charge in [-0.2, -0.15) is 4.98 Å². The summed E-state index contributed by atoms with van der Waals surface area (Å²) < 4.78 is 16.1. The molecule has 1 aromatic heterocycles. The average Bonchev–Trinajstić information content (AvgIpc) is 3.16. The fourth-order valence-electron chi connectivity index (χ4n) is 5.28. The second-order valence-corrected chi connectivity index (χ2v) is 9.32. The molecular weight excluding hydrogens is 375 g/mol. The Morgan fingerprint density at radius 1 is 1.17 bits per heavy atom. The summed E-state index contributed by atoms with van der Waals surface area (Å²) in [7, 11) is 0. The molecule has 0 aromatic carbocycles. The Hall–Kier alpha value is -2.19. The molecule has 2 atom stereocenters. The molecule has 2 amide bonds. The van der Waals surface area contributed by atoms with Crippen LogP contribution in [0.5, 0.6) is 0 Å². The molecule has 0 spiro atoms. The number of hydrogen-bond donors (Lipinski definition) is 3. The van der Waals surface area contributed by atoms with Crippen molar-refractivity contribution < 1.29 is 14.0 Å². The van der Waals surface area contributed by atoms with E-state index in [1.807, 2.05) is 0 Å². The number of carbonyl (C=O) groups excluding carboxylic acids is 2. The number of nitrogens with one attached hydrogen (secondary N) is 3. The fraction of sp³-hybridized carbons (Fsp3) is 0.800. The first-order valence-corrected chi connectivity index (χ1v) is 10.9. The van der Waals surface area contributed by atoms with Crippen LogP contribution >= 0.6 is 0 Å². The summed E-state index contributed by atoms with van der Waals surface area (Å²) in [5.41, 5.74) is -1.40. The van der Waals surface area contributed by atoms with E-state index in [1.54, 1.807) is 4.68 Å². The number of alkyl halides is 1. The lowest BCUT2D eigenvalue weighted by molar-refractivity contribution is -0.141. The predicted octanol–water partition coefficient (Wildman–Crippen LogP) is 1.78. The molecule has 0 saturated heterocycles. The zero-order valence-corrected chi connectivity index (χ0v) is 16.7. The number of aryl methyl sites for hydroxylation is 1. The summed E-state index contributed by atoms with van der Waals surface area (Å²) in [6.07, 6.45) is 6.35. The van der Waals surface area contributed by atoms with E-state index in [9.17, 15) is 14.0 Å². The lowest BCUT2D eigenvalue weighted by atomic mass is 9.59. The van der Waals surface area contributed by atoms with Crippen molar-refractivity contribution in [3.05, 3.63) is 5.82 Å². The highest BCUT2D eigenvalue weighted by Crippen LogP contribution is 2.54. The van der Waals surface area contributed by atoms with Gasteiger partial charge in [-0.3, -0.25) is 9.59 Å². The molecule has 1 aliphatic heterocycles. The Morgan fingerprint density at radius 3 is 2.59 bits per heavy atom. The fourth-order valence-corrected chi connectivity index (χ4v) is 5.28. The van der Waals surface area contributed by atoms with Crippen LogP contribution in [0.25, 0.3) is 0 Å². The number of fused-ring (bicyclic) bond motifs is 4. The average molecular weight is 404 g/mol. The number of anilines is 1. The largest absolute Gasteiger partial charge is 0.355 e. The van der Waals surface area contributed by atoms with Gasteiger partial charge in [0.1, 0.15) is 5.67 Å². The maximum Gasteiger partial charge on any atom is 0.291 e. The minimum Gasteiger partial charge on any atom is -0.355 e. The molecule has 6 rings (SSSR count). The SMILES string of the molecule is O=C(N[C@H]1CC[C@H]1CNC(=O)C12CCC(F)(CC1)CC2)c1nc2n(n1)CCCN2. The van der Waals surface area contributed by atoms with Gasteiger partial charge in [0.2, 0.25) is 17.7 Å². The van der Waals surface area contributed by atoms with Gasteiger partial charge in [0.15, 0.2) is 0 Å². The van der Waals surface area contributed by atoms with E-state index in [2.05, 4.69) is 26.0 Å². The minimum atomic E-state index is -1.03. The maximum atomic E-state index is 14.4. The molecule has 4 fully saturated rings. The summed E-state index contributed by atoms with van der Waals surface area (Å²) in [6.45, 7) is 2.17. The first-order valence-electron chi connectivity index (χ1n) is 10.9. The Morgan fingerprint density at radius 2 is 1.93 bits per heavy atom. The van der Waals surface area contributed by atoms with E-state index >= 15 is 0 Å². The van der Waals surface area contributed by atoms with Gasteiger partial charge < -0.3 is 16.0 Å². The third-order valence-corrected chi connectivity index (χ3v) is 7.60. The molecule has 29 heavy (non-hydrogen) atoms. The second-order valence-electron chi connectivity index (χ2n) is 9.32. The Balaban J connectivity index is 1.13. The van der Waals surface area contributed by atoms with Crippen LogP contribution in [0, 0.1) is 11.3 Å². The molecule has 0 radical (unpaired) electrons. The smallest absolute Gasteiger partial charge is 0.291 e. The molecule has 9 heteroatoms. The van der Waals surface area contributed by atoms with Crippen LogP contribution in [0.1, 0.15) is 68.4 Å². The molecule has 2 heterocycles. The summed E-state index contributed by atoms with van der Waals surface area (Å²) >= 11 is 0. The summed E-state index contributed by atoms with van der Waals surface area (Å²) in [5, 5.41) is 13.6. The summed E-state index contributed by atoms with van der Waals surface area (Å²) in [5.74, 6) is 0.887. The molecular formula is C20H29FN6O2. The van der Waals surface area contributed by atoms with Gasteiger partial charge in [0.05, 0.1) is 0 Å². The third kappa shape index (κ3) is 3.38. The van der Waals surface area contributed by atoms with Gasteiger partial charge in [-0.25, -0.2) is 9.07 Å². The third-order valence-electron chi connectivity index (χ3n) is 7.60. The van der Waals surface area contributed by atoms with Gasteiger partial charge in [0, 0.05) is 31.1 Å². The molecule has 1 aromatic rings. The Bertz CT molecular complexity index is 776. The van der Waals surface area contributed by atoms with Crippen molar-refractivity contribution in [3.63, 3.8) is 0 Å². The van der Waals surface area contributed by atoms with E-state index < -0.39 is 5.67 Å². The number of amides is 2. The highest BCUT2D eigenvalue weighted by atomic mass is 19.1. The normalized spacial score (nSPS) is 35.2. The van der Waals surface area contributed by atoms with Gasteiger partial charge >= 0.3 is 0 Å². The number of nitrogens with zero attached hydrogens (tertiary/aromatic N) is 3. The maximum absolute atomic E-state index is 14.4. The molecule has 2 bridgehead atoms. The predicted molar refractivity (Wildman–Crippen MR) is 104 cm³/mol. The molecule has 0 unspecified atom stereocenters. The van der Waals surface area contributed by atoms with Crippen LogP contribution in [0.2, 0.25) is 0 Å². The quantitative estimate of drug-likeness (QED) is 0.695. The van der Waals surface area contributed by atoms with E-state index in [1.165, 1.54) is 0 Å². The number of halogens is 1. The van der Waals surface area contributed by atoms with Crippen LogP contribution < -0.4 is 16.0 Å². The summed E-state index contributed by atoms with van der Waals surface area (Å²) in [4.78, 5) is 29.6. The van der Waals surface area contributed by atoms with Crippen molar-refractivity contribution >= 4 is 17.8 Å². The molecule has 4 saturated carbocycles. The monoisotopic (exact) mass is 404 g/mol. The first-order chi connectivity index (χ1) is 14.0. The van der Waals surface area contributed by atoms with E-state index in [4.69, 9.17) is 0 Å². The number of carbonyl (C=O) groups is 2. The molecule has 8 nitrogen and oxygen atoms in total. The lowest BCUT2D eigenvalue weighted by Crippen LogP contribution is -2.55. The minimum absolute atomic E-state index is 0.0324. The number of hydrogen-bond acceptors (Lipinski definition) is 5. The van der Waals surface area contributed by atoms with Crippen LogP contribution in [-0.4, -0.2) is 51.4 Å². The zero-order valence-electron chi connectivity index (χ0n) is 16.7. The topological polar surface area (TPSA) is 101 Å². The van der Waals surface area contributed by atoms with Gasteiger partial charge in [-0.05, 0) is 63.7 Å². The van der Waals surface area contributed by atoms with E-state index in [0.717, 1.165) is 32.4 Å². The van der Waals surface area contributed by atoms with Gasteiger partial charge in [0.25, 0.3) is 5.91 Å². The highest BCUT2D eigenvalue weighted by Gasteiger charge is 2.52. The van der Waals surface area contributed by atoms with E-state index in [-0.39, 0.29) is 35.0 Å². The summed E-state index contributed by atoms with van der Waals surface area (Å²) in [6, 6.07) is 0.0324. The molecule has 4 aliphatic carbocycles. The van der Waals surface area contributed by atoms with Crippen LogP contribution in [-0.2, 0) is 11.3 Å². The molecule has 3 N–H and O–H groups in total. The molecule has 158 valence electrons. The lowest BCUT2D eigenvalue weighted by Gasteiger charge is -2.48. The van der Waals surface area contributed by atoms with Gasteiger partial charge in [-0.1, -0.05) is 0 Å². The second kappa shape index (κ2) is 6.95. The Kier molecular flexibility index (Phi) is 4.51. The standard InChI is InChI=1S/C20H29FN6O2/c21-20-7-4-19(5-8-20,6-9-20)17(29)23-12-13-2-3-14(13)24-16(28)15-25-18-22-10-1-11-27(18)26-15/h13-14H,1-12H2,(H,23,29)(H,24,28)(H,22,25,26)/t13-,14-,19?,20?/m0/s1. The number of aromatic nitrogens is 3. The van der Waals surface area contributed by atoms with Gasteiger partial charge in [-0.15, -0.1) is 5.10 Å². The van der Waals surface area contributed by atoms with Crippen molar-refractivity contribution in [1.82, 2.24) is 25.4 Å².